The average molecular weight is 305 g/mol. The fourth-order valence-corrected chi connectivity index (χ4v) is 1.82. The molecule has 1 unspecified atom stereocenters. The largest absolute Gasteiger partial charge is 0.494 e. The predicted molar refractivity (Wildman–Crippen MR) is 74.9 cm³/mol. The maximum absolute atomic E-state index is 12.4. The first-order valence-corrected chi connectivity index (χ1v) is 6.37. The van der Waals surface area contributed by atoms with Gasteiger partial charge in [0.15, 0.2) is 0 Å². The second-order valence-electron chi connectivity index (χ2n) is 4.57. The second-order valence-corrected chi connectivity index (χ2v) is 4.57. The molecule has 2 aromatic rings. The van der Waals surface area contributed by atoms with Crippen LogP contribution in [-0.2, 0) is 4.79 Å². The number of tetrazole rings is 1. The molecule has 0 aliphatic heterocycles. The topological polar surface area (TPSA) is 110 Å². The number of aliphatic carboxylic acids is 1. The number of amides is 1. The van der Waals surface area contributed by atoms with Crippen molar-refractivity contribution in [3.63, 3.8) is 0 Å². The molecule has 0 saturated carbocycles. The molecule has 0 fully saturated rings. The van der Waals surface area contributed by atoms with Crippen LogP contribution >= 0.6 is 0 Å². The van der Waals surface area contributed by atoms with Crippen LogP contribution in [0.1, 0.15) is 17.3 Å². The Morgan fingerprint density at radius 3 is 2.68 bits per heavy atom. The molecule has 9 heteroatoms. The summed E-state index contributed by atoms with van der Waals surface area (Å²) in [5.41, 5.74) is 0.789. The molecular formula is C13H15N5O4. The van der Waals surface area contributed by atoms with Gasteiger partial charge in [-0.1, -0.05) is 0 Å². The first kappa shape index (κ1) is 15.4. The van der Waals surface area contributed by atoms with Crippen molar-refractivity contribution in [2.24, 2.45) is 0 Å². The number of methoxy groups -OCH3 is 1. The number of hydrogen-bond acceptors (Lipinski definition) is 6. The van der Waals surface area contributed by atoms with E-state index in [0.717, 1.165) is 4.90 Å². The van der Waals surface area contributed by atoms with Crippen molar-refractivity contribution in [1.82, 2.24) is 25.1 Å². The highest BCUT2D eigenvalue weighted by Crippen LogP contribution is 2.23. The van der Waals surface area contributed by atoms with Crippen LogP contribution in [0.5, 0.6) is 5.75 Å². The summed E-state index contributed by atoms with van der Waals surface area (Å²) < 4.78 is 6.57. The Morgan fingerprint density at radius 1 is 1.41 bits per heavy atom. The van der Waals surface area contributed by atoms with E-state index in [4.69, 9.17) is 9.84 Å². The molecule has 1 heterocycles. The highest BCUT2D eigenvalue weighted by atomic mass is 16.5. The van der Waals surface area contributed by atoms with Gasteiger partial charge in [-0.2, -0.15) is 4.68 Å². The Labute approximate surface area is 126 Å². The van der Waals surface area contributed by atoms with Crippen LogP contribution in [0.25, 0.3) is 5.69 Å². The molecule has 0 aliphatic carbocycles. The van der Waals surface area contributed by atoms with E-state index in [-0.39, 0.29) is 0 Å². The zero-order valence-corrected chi connectivity index (χ0v) is 12.3. The third kappa shape index (κ3) is 2.87. The van der Waals surface area contributed by atoms with Gasteiger partial charge in [0.25, 0.3) is 5.91 Å². The van der Waals surface area contributed by atoms with Crippen molar-refractivity contribution in [2.45, 2.75) is 13.0 Å². The monoisotopic (exact) mass is 305 g/mol. The second kappa shape index (κ2) is 6.20. The summed E-state index contributed by atoms with van der Waals surface area (Å²) in [5.74, 6) is -1.02. The van der Waals surface area contributed by atoms with Crippen molar-refractivity contribution in [3.8, 4) is 11.4 Å². The lowest BCUT2D eigenvalue weighted by Crippen LogP contribution is -2.40. The van der Waals surface area contributed by atoms with Crippen LogP contribution in [0.3, 0.4) is 0 Å². The van der Waals surface area contributed by atoms with Gasteiger partial charge in [0, 0.05) is 12.6 Å². The van der Waals surface area contributed by atoms with Crippen LogP contribution in [0.15, 0.2) is 24.5 Å². The number of likely N-dealkylation sites (N-methyl/N-ethyl adjacent to an activating group) is 1. The lowest BCUT2D eigenvalue weighted by molar-refractivity contribution is -0.141. The molecule has 0 saturated heterocycles. The number of hydrogen-bond donors (Lipinski definition) is 1. The van der Waals surface area contributed by atoms with Gasteiger partial charge in [0.05, 0.1) is 7.11 Å². The molecule has 1 aromatic heterocycles. The summed E-state index contributed by atoms with van der Waals surface area (Å²) in [4.78, 5) is 24.5. The van der Waals surface area contributed by atoms with Gasteiger partial charge in [-0.25, -0.2) is 4.79 Å². The minimum Gasteiger partial charge on any atom is -0.494 e. The van der Waals surface area contributed by atoms with E-state index >= 15 is 0 Å². The van der Waals surface area contributed by atoms with Gasteiger partial charge in [0.1, 0.15) is 23.8 Å². The van der Waals surface area contributed by atoms with Crippen molar-refractivity contribution in [3.05, 3.63) is 30.1 Å². The molecule has 1 N–H and O–H groups in total. The molecule has 1 aromatic carbocycles. The SMILES string of the molecule is COc1ccc(C(=O)N(C)C(C)C(=O)O)cc1-n1cnnn1. The van der Waals surface area contributed by atoms with Crippen LogP contribution in [0, 0.1) is 0 Å². The lowest BCUT2D eigenvalue weighted by atomic mass is 10.1. The van der Waals surface area contributed by atoms with Crippen LogP contribution in [0.4, 0.5) is 0 Å². The van der Waals surface area contributed by atoms with Crippen molar-refractivity contribution < 1.29 is 19.4 Å². The summed E-state index contributed by atoms with van der Waals surface area (Å²) in [7, 11) is 2.92. The normalized spacial score (nSPS) is 11.8. The summed E-state index contributed by atoms with van der Waals surface area (Å²) in [6, 6.07) is 3.76. The highest BCUT2D eigenvalue weighted by molar-refractivity contribution is 5.97. The molecular weight excluding hydrogens is 290 g/mol. The molecule has 0 radical (unpaired) electrons. The summed E-state index contributed by atoms with van der Waals surface area (Å²) >= 11 is 0. The Kier molecular flexibility index (Phi) is 4.35. The minimum absolute atomic E-state index is 0.307. The summed E-state index contributed by atoms with van der Waals surface area (Å²) in [6.07, 6.45) is 1.37. The number of carboxylic acid groups (broad SMARTS) is 1. The Balaban J connectivity index is 2.39. The molecule has 1 amide bonds. The molecule has 2 rings (SSSR count). The Hall–Kier alpha value is -2.97. The van der Waals surface area contributed by atoms with E-state index in [0.29, 0.717) is 17.0 Å². The molecule has 116 valence electrons. The van der Waals surface area contributed by atoms with Gasteiger partial charge >= 0.3 is 5.97 Å². The van der Waals surface area contributed by atoms with Gasteiger partial charge in [-0.05, 0) is 35.5 Å². The molecule has 9 nitrogen and oxygen atoms in total. The summed E-state index contributed by atoms with van der Waals surface area (Å²) in [5, 5.41) is 19.8. The molecule has 0 aliphatic rings. The van der Waals surface area contributed by atoms with E-state index in [2.05, 4.69) is 15.5 Å². The lowest BCUT2D eigenvalue weighted by Gasteiger charge is -2.22. The van der Waals surface area contributed by atoms with Crippen LogP contribution in [-0.4, -0.2) is 62.3 Å². The Bertz CT molecular complexity index is 686. The van der Waals surface area contributed by atoms with E-state index in [1.807, 2.05) is 0 Å². The van der Waals surface area contributed by atoms with Crippen molar-refractivity contribution in [2.75, 3.05) is 14.2 Å². The number of ether oxygens (including phenoxy) is 1. The van der Waals surface area contributed by atoms with Crippen molar-refractivity contribution in [1.29, 1.82) is 0 Å². The molecule has 0 spiro atoms. The fourth-order valence-electron chi connectivity index (χ4n) is 1.82. The third-order valence-corrected chi connectivity index (χ3v) is 3.28. The van der Waals surface area contributed by atoms with E-state index in [1.54, 1.807) is 18.2 Å². The average Bonchev–Trinajstić information content (AvgIpc) is 3.06. The number of benzene rings is 1. The van der Waals surface area contributed by atoms with Gasteiger partial charge in [-0.15, -0.1) is 5.10 Å². The quantitative estimate of drug-likeness (QED) is 0.841. The highest BCUT2D eigenvalue weighted by Gasteiger charge is 2.23. The Morgan fingerprint density at radius 2 is 2.14 bits per heavy atom. The van der Waals surface area contributed by atoms with E-state index < -0.39 is 17.9 Å². The smallest absolute Gasteiger partial charge is 0.326 e. The number of nitrogens with zero attached hydrogens (tertiary/aromatic N) is 5. The van der Waals surface area contributed by atoms with E-state index in [1.165, 1.54) is 32.1 Å². The predicted octanol–water partition coefficient (Wildman–Crippen LogP) is 0.216. The number of carbonyl (C=O) groups excluding carboxylic acids is 1. The fraction of sp³-hybridized carbons (Fsp3) is 0.308. The molecule has 0 bridgehead atoms. The number of carbonyl (C=O) groups is 2. The van der Waals surface area contributed by atoms with Gasteiger partial charge in [0.2, 0.25) is 0 Å². The minimum atomic E-state index is -1.08. The van der Waals surface area contributed by atoms with Crippen molar-refractivity contribution >= 4 is 11.9 Å². The van der Waals surface area contributed by atoms with Gasteiger partial charge < -0.3 is 14.7 Å². The van der Waals surface area contributed by atoms with Crippen LogP contribution in [0.2, 0.25) is 0 Å². The molecule has 22 heavy (non-hydrogen) atoms. The zero-order chi connectivity index (χ0) is 16.3. The standard InChI is InChI=1S/C13H15N5O4/c1-8(13(20)21)17(2)12(19)9-4-5-11(22-3)10(6-9)18-7-14-15-16-18/h4-8H,1-3H3,(H,20,21). The third-order valence-electron chi connectivity index (χ3n) is 3.28. The summed E-state index contributed by atoms with van der Waals surface area (Å²) in [6.45, 7) is 1.44. The van der Waals surface area contributed by atoms with E-state index in [9.17, 15) is 9.59 Å². The number of aromatic nitrogens is 4. The maximum atomic E-state index is 12.4. The first-order valence-electron chi connectivity index (χ1n) is 6.37. The molecule has 1 atom stereocenters. The first-order chi connectivity index (χ1) is 10.5. The zero-order valence-electron chi connectivity index (χ0n) is 12.3. The maximum Gasteiger partial charge on any atom is 0.326 e. The van der Waals surface area contributed by atoms with Gasteiger partial charge in [-0.3, -0.25) is 4.79 Å². The van der Waals surface area contributed by atoms with Crippen LogP contribution < -0.4 is 4.74 Å². The number of carboxylic acids is 1. The number of rotatable bonds is 5.